The van der Waals surface area contributed by atoms with Gasteiger partial charge in [-0.3, -0.25) is 0 Å². The molecular weight excluding hydrogens is 314 g/mol. The highest BCUT2D eigenvalue weighted by Gasteiger charge is 2.05. The zero-order valence-corrected chi connectivity index (χ0v) is 13.8. The summed E-state index contributed by atoms with van der Waals surface area (Å²) in [5, 5.41) is 3.34. The highest BCUT2D eigenvalue weighted by Crippen LogP contribution is 2.31. The molecule has 0 aliphatic heterocycles. The van der Waals surface area contributed by atoms with Gasteiger partial charge >= 0.3 is 0 Å². The molecule has 106 valence electrons. The van der Waals surface area contributed by atoms with Crippen molar-refractivity contribution in [2.24, 2.45) is 0 Å². The van der Waals surface area contributed by atoms with Crippen LogP contribution in [-0.4, -0.2) is 6.54 Å². The highest BCUT2D eigenvalue weighted by atomic mass is 79.9. The van der Waals surface area contributed by atoms with Gasteiger partial charge in [0.1, 0.15) is 11.5 Å². The van der Waals surface area contributed by atoms with Gasteiger partial charge < -0.3 is 10.1 Å². The predicted octanol–water partition coefficient (Wildman–Crippen LogP) is 4.97. The molecule has 3 heteroatoms. The molecular formula is C17H20BrNO. The van der Waals surface area contributed by atoms with Crippen LogP contribution in [0, 0.1) is 13.8 Å². The van der Waals surface area contributed by atoms with Gasteiger partial charge in [-0.2, -0.15) is 0 Å². The zero-order chi connectivity index (χ0) is 14.5. The Hall–Kier alpha value is -1.32. The number of rotatable bonds is 5. The molecule has 0 amide bonds. The first-order chi connectivity index (χ1) is 9.60. The molecule has 0 bridgehead atoms. The van der Waals surface area contributed by atoms with Gasteiger partial charge in [0.15, 0.2) is 0 Å². The minimum Gasteiger partial charge on any atom is -0.456 e. The Balaban J connectivity index is 2.15. The van der Waals surface area contributed by atoms with Crippen molar-refractivity contribution in [2.45, 2.75) is 27.3 Å². The van der Waals surface area contributed by atoms with Crippen LogP contribution < -0.4 is 10.1 Å². The molecule has 2 rings (SSSR count). The lowest BCUT2D eigenvalue weighted by Crippen LogP contribution is -2.12. The van der Waals surface area contributed by atoms with Crippen LogP contribution in [0.3, 0.4) is 0 Å². The van der Waals surface area contributed by atoms with Gasteiger partial charge in [0.2, 0.25) is 0 Å². The zero-order valence-electron chi connectivity index (χ0n) is 12.2. The molecule has 1 N–H and O–H groups in total. The Morgan fingerprint density at radius 1 is 1.10 bits per heavy atom. The van der Waals surface area contributed by atoms with Crippen molar-refractivity contribution >= 4 is 15.9 Å². The number of aryl methyl sites for hydroxylation is 2. The average molecular weight is 334 g/mol. The summed E-state index contributed by atoms with van der Waals surface area (Å²) >= 11 is 3.54. The highest BCUT2D eigenvalue weighted by molar-refractivity contribution is 9.10. The monoisotopic (exact) mass is 333 g/mol. The van der Waals surface area contributed by atoms with E-state index in [4.69, 9.17) is 4.74 Å². The summed E-state index contributed by atoms with van der Waals surface area (Å²) in [7, 11) is 0. The number of benzene rings is 2. The smallest absolute Gasteiger partial charge is 0.141 e. The Morgan fingerprint density at radius 2 is 1.90 bits per heavy atom. The van der Waals surface area contributed by atoms with Gasteiger partial charge in [0.05, 0.1) is 4.47 Å². The first-order valence-corrected chi connectivity index (χ1v) is 7.63. The fourth-order valence-corrected chi connectivity index (χ4v) is 2.58. The number of hydrogen-bond acceptors (Lipinski definition) is 2. The van der Waals surface area contributed by atoms with Crippen LogP contribution in [0.15, 0.2) is 40.9 Å². The number of ether oxygens (including phenoxy) is 1. The van der Waals surface area contributed by atoms with Gasteiger partial charge in [0.25, 0.3) is 0 Å². The van der Waals surface area contributed by atoms with E-state index < -0.39 is 0 Å². The second-order valence-electron chi connectivity index (χ2n) is 4.90. The molecule has 0 fully saturated rings. The number of nitrogens with one attached hydrogen (secondary N) is 1. The topological polar surface area (TPSA) is 21.3 Å². The summed E-state index contributed by atoms with van der Waals surface area (Å²) in [5.41, 5.74) is 3.76. The molecule has 0 saturated carbocycles. The fraction of sp³-hybridized carbons (Fsp3) is 0.294. The van der Waals surface area contributed by atoms with E-state index in [-0.39, 0.29) is 0 Å². The van der Waals surface area contributed by atoms with Crippen molar-refractivity contribution in [3.8, 4) is 11.5 Å². The van der Waals surface area contributed by atoms with Gasteiger partial charge in [0, 0.05) is 6.54 Å². The predicted molar refractivity (Wildman–Crippen MR) is 87.5 cm³/mol. The molecule has 2 aromatic carbocycles. The van der Waals surface area contributed by atoms with Gasteiger partial charge in [-0.05, 0) is 77.3 Å². The van der Waals surface area contributed by atoms with Crippen LogP contribution >= 0.6 is 15.9 Å². The summed E-state index contributed by atoms with van der Waals surface area (Å²) in [5.74, 6) is 1.71. The molecule has 0 heterocycles. The van der Waals surface area contributed by atoms with E-state index in [1.807, 2.05) is 18.2 Å². The maximum atomic E-state index is 5.94. The SMILES string of the molecule is CCNCc1ccc(Oc2ccc(C)cc2Br)cc1C. The Bertz CT molecular complexity index is 596. The van der Waals surface area contributed by atoms with Crippen molar-refractivity contribution < 1.29 is 4.74 Å². The molecule has 0 saturated heterocycles. The largest absolute Gasteiger partial charge is 0.456 e. The van der Waals surface area contributed by atoms with Crippen molar-refractivity contribution in [3.05, 3.63) is 57.6 Å². The summed E-state index contributed by atoms with van der Waals surface area (Å²) in [6.45, 7) is 8.17. The van der Waals surface area contributed by atoms with Crippen LogP contribution in [0.25, 0.3) is 0 Å². The minimum atomic E-state index is 0.842. The molecule has 0 aliphatic carbocycles. The third kappa shape index (κ3) is 3.84. The van der Waals surface area contributed by atoms with E-state index in [2.05, 4.69) is 60.2 Å². The van der Waals surface area contributed by atoms with Crippen molar-refractivity contribution in [1.82, 2.24) is 5.32 Å². The third-order valence-corrected chi connectivity index (χ3v) is 3.81. The first-order valence-electron chi connectivity index (χ1n) is 6.84. The lowest BCUT2D eigenvalue weighted by Gasteiger charge is -2.11. The normalized spacial score (nSPS) is 10.6. The summed E-state index contributed by atoms with van der Waals surface area (Å²) in [4.78, 5) is 0. The summed E-state index contributed by atoms with van der Waals surface area (Å²) in [6, 6.07) is 12.3. The minimum absolute atomic E-state index is 0.842. The number of hydrogen-bond donors (Lipinski definition) is 1. The number of halogens is 1. The molecule has 2 aromatic rings. The van der Waals surface area contributed by atoms with Crippen LogP contribution in [-0.2, 0) is 6.54 Å². The molecule has 0 unspecified atom stereocenters. The van der Waals surface area contributed by atoms with Crippen LogP contribution in [0.4, 0.5) is 0 Å². The second-order valence-corrected chi connectivity index (χ2v) is 5.76. The molecule has 0 atom stereocenters. The molecule has 20 heavy (non-hydrogen) atoms. The Labute approximate surface area is 129 Å². The Morgan fingerprint density at radius 3 is 2.55 bits per heavy atom. The van der Waals surface area contributed by atoms with E-state index >= 15 is 0 Å². The van der Waals surface area contributed by atoms with Crippen molar-refractivity contribution in [3.63, 3.8) is 0 Å². The van der Waals surface area contributed by atoms with Crippen LogP contribution in [0.2, 0.25) is 0 Å². The Kier molecular flexibility index (Phi) is 5.21. The molecule has 0 aliphatic rings. The molecule has 0 spiro atoms. The summed E-state index contributed by atoms with van der Waals surface area (Å²) in [6.07, 6.45) is 0. The first kappa shape index (κ1) is 15.1. The van der Waals surface area contributed by atoms with Crippen molar-refractivity contribution in [2.75, 3.05) is 6.54 Å². The van der Waals surface area contributed by atoms with E-state index in [1.165, 1.54) is 16.7 Å². The lowest BCUT2D eigenvalue weighted by molar-refractivity contribution is 0.478. The van der Waals surface area contributed by atoms with Crippen molar-refractivity contribution in [1.29, 1.82) is 0 Å². The molecule has 0 radical (unpaired) electrons. The summed E-state index contributed by atoms with van der Waals surface area (Å²) < 4.78 is 6.92. The maximum Gasteiger partial charge on any atom is 0.141 e. The van der Waals surface area contributed by atoms with Gasteiger partial charge in [-0.15, -0.1) is 0 Å². The lowest BCUT2D eigenvalue weighted by atomic mass is 10.1. The quantitative estimate of drug-likeness (QED) is 0.834. The molecule has 2 nitrogen and oxygen atoms in total. The van der Waals surface area contributed by atoms with E-state index in [0.717, 1.165) is 29.1 Å². The van der Waals surface area contributed by atoms with E-state index in [1.54, 1.807) is 0 Å². The second kappa shape index (κ2) is 6.91. The molecule has 0 aromatic heterocycles. The standard InChI is InChI=1S/C17H20BrNO/c1-4-19-11-14-6-7-15(10-13(14)3)20-17-8-5-12(2)9-16(17)18/h5-10,19H,4,11H2,1-3H3. The van der Waals surface area contributed by atoms with E-state index in [9.17, 15) is 0 Å². The van der Waals surface area contributed by atoms with Crippen LogP contribution in [0.5, 0.6) is 11.5 Å². The van der Waals surface area contributed by atoms with E-state index in [0.29, 0.717) is 0 Å². The third-order valence-electron chi connectivity index (χ3n) is 3.19. The van der Waals surface area contributed by atoms with Crippen LogP contribution in [0.1, 0.15) is 23.6 Å². The fourth-order valence-electron chi connectivity index (χ4n) is 2.01. The average Bonchev–Trinajstić information content (AvgIpc) is 2.41. The van der Waals surface area contributed by atoms with Gasteiger partial charge in [-0.25, -0.2) is 0 Å². The maximum absolute atomic E-state index is 5.94. The van der Waals surface area contributed by atoms with Gasteiger partial charge in [-0.1, -0.05) is 19.1 Å².